The van der Waals surface area contributed by atoms with Crippen LogP contribution in [0.3, 0.4) is 0 Å². The number of fused-ring (bicyclic) bond motifs is 1. The number of hydrogen-bond acceptors (Lipinski definition) is 1. The third-order valence-corrected chi connectivity index (χ3v) is 6.97. The molecule has 0 heterocycles. The van der Waals surface area contributed by atoms with E-state index in [-0.39, 0.29) is 5.41 Å². The third-order valence-electron chi connectivity index (χ3n) is 6.97. The Bertz CT molecular complexity index is 1400. The SMILES string of the molecule is C=CC1=C(/C=C\C)C(C)(C)c2cc(N(c3ccccc3)c3ccc(-c4ccccc4)cc3)ccc21. The summed E-state index contributed by atoms with van der Waals surface area (Å²) in [6.45, 7) is 10.8. The van der Waals surface area contributed by atoms with Crippen LogP contribution in [0.1, 0.15) is 31.9 Å². The maximum absolute atomic E-state index is 4.12. The molecule has 172 valence electrons. The summed E-state index contributed by atoms with van der Waals surface area (Å²) in [6, 6.07) is 36.8. The van der Waals surface area contributed by atoms with E-state index in [1.54, 1.807) is 0 Å². The number of rotatable bonds is 6. The Morgan fingerprint density at radius 1 is 0.686 bits per heavy atom. The highest BCUT2D eigenvalue weighted by Gasteiger charge is 2.36. The molecule has 0 saturated carbocycles. The molecule has 0 unspecified atom stereocenters. The lowest BCUT2D eigenvalue weighted by Crippen LogP contribution is -2.17. The molecule has 0 aliphatic heterocycles. The zero-order valence-electron chi connectivity index (χ0n) is 20.7. The van der Waals surface area contributed by atoms with E-state index in [0.717, 1.165) is 17.1 Å². The summed E-state index contributed by atoms with van der Waals surface area (Å²) in [5.41, 5.74) is 10.9. The molecular weight excluding hydrogens is 422 g/mol. The lowest BCUT2D eigenvalue weighted by molar-refractivity contribution is 0.654. The van der Waals surface area contributed by atoms with E-state index in [0.29, 0.717) is 0 Å². The van der Waals surface area contributed by atoms with Crippen LogP contribution in [0, 0.1) is 0 Å². The summed E-state index contributed by atoms with van der Waals surface area (Å²) in [5, 5.41) is 0. The number of nitrogens with zero attached hydrogens (tertiary/aromatic N) is 1. The molecule has 0 N–H and O–H groups in total. The molecule has 1 nitrogen and oxygen atoms in total. The van der Waals surface area contributed by atoms with Gasteiger partial charge in [-0.15, -0.1) is 0 Å². The van der Waals surface area contributed by atoms with Gasteiger partial charge in [-0.1, -0.05) is 105 Å². The van der Waals surface area contributed by atoms with Crippen molar-refractivity contribution in [1.82, 2.24) is 0 Å². The van der Waals surface area contributed by atoms with Gasteiger partial charge < -0.3 is 4.90 Å². The Labute approximate surface area is 209 Å². The van der Waals surface area contributed by atoms with E-state index in [9.17, 15) is 0 Å². The third kappa shape index (κ3) is 4.04. The molecule has 0 bridgehead atoms. The van der Waals surface area contributed by atoms with Crippen LogP contribution in [0.4, 0.5) is 17.1 Å². The van der Waals surface area contributed by atoms with Crippen LogP contribution in [-0.4, -0.2) is 0 Å². The van der Waals surface area contributed by atoms with E-state index >= 15 is 0 Å². The molecule has 0 radical (unpaired) electrons. The van der Waals surface area contributed by atoms with Crippen molar-refractivity contribution >= 4 is 22.6 Å². The van der Waals surface area contributed by atoms with Crippen molar-refractivity contribution in [1.29, 1.82) is 0 Å². The van der Waals surface area contributed by atoms with Gasteiger partial charge in [-0.3, -0.25) is 0 Å². The van der Waals surface area contributed by atoms with E-state index < -0.39 is 0 Å². The minimum atomic E-state index is -0.0963. The lowest BCUT2D eigenvalue weighted by Gasteiger charge is -2.28. The molecule has 0 amide bonds. The highest BCUT2D eigenvalue weighted by Crippen LogP contribution is 2.49. The first-order valence-electron chi connectivity index (χ1n) is 12.2. The fourth-order valence-corrected chi connectivity index (χ4v) is 5.19. The standard InChI is InChI=1S/C34H31N/c1-5-13-32-30(6-2)31-23-22-29(24-33(31)34(32,3)4)35(27-16-11-8-12-17-27)28-20-18-26(19-21-28)25-14-9-7-10-15-25/h5-24H,2H2,1,3-4H3/b13-5-. The van der Waals surface area contributed by atoms with Gasteiger partial charge in [0.25, 0.3) is 0 Å². The normalized spacial score (nSPS) is 14.3. The monoisotopic (exact) mass is 453 g/mol. The molecule has 0 aromatic heterocycles. The van der Waals surface area contributed by atoms with E-state index in [4.69, 9.17) is 0 Å². The predicted molar refractivity (Wildman–Crippen MR) is 152 cm³/mol. The summed E-state index contributed by atoms with van der Waals surface area (Å²) >= 11 is 0. The van der Waals surface area contributed by atoms with Crippen LogP contribution in [0.25, 0.3) is 16.7 Å². The Kier molecular flexibility index (Phi) is 6.01. The van der Waals surface area contributed by atoms with E-state index in [2.05, 4.69) is 148 Å². The van der Waals surface area contributed by atoms with Crippen molar-refractivity contribution in [2.24, 2.45) is 0 Å². The molecule has 0 spiro atoms. The van der Waals surface area contributed by atoms with Crippen molar-refractivity contribution in [3.05, 3.63) is 145 Å². The van der Waals surface area contributed by atoms with E-state index in [1.165, 1.54) is 33.4 Å². The second-order valence-electron chi connectivity index (χ2n) is 9.47. The minimum Gasteiger partial charge on any atom is -0.310 e. The number of allylic oxidation sites excluding steroid dienone is 5. The molecule has 5 rings (SSSR count). The van der Waals surface area contributed by atoms with E-state index in [1.807, 2.05) is 6.08 Å². The van der Waals surface area contributed by atoms with Gasteiger partial charge in [0.1, 0.15) is 0 Å². The highest BCUT2D eigenvalue weighted by atomic mass is 15.1. The van der Waals surface area contributed by atoms with Gasteiger partial charge in [0.05, 0.1) is 0 Å². The van der Waals surface area contributed by atoms with Gasteiger partial charge in [-0.25, -0.2) is 0 Å². The van der Waals surface area contributed by atoms with Crippen LogP contribution >= 0.6 is 0 Å². The summed E-state index contributed by atoms with van der Waals surface area (Å²) < 4.78 is 0. The Morgan fingerprint density at radius 2 is 1.26 bits per heavy atom. The van der Waals surface area contributed by atoms with Crippen LogP contribution in [-0.2, 0) is 5.41 Å². The quantitative estimate of drug-likeness (QED) is 0.281. The predicted octanol–water partition coefficient (Wildman–Crippen LogP) is 9.63. The maximum atomic E-state index is 4.12. The summed E-state index contributed by atoms with van der Waals surface area (Å²) in [6.07, 6.45) is 6.35. The lowest BCUT2D eigenvalue weighted by atomic mass is 9.80. The maximum Gasteiger partial charge on any atom is 0.0465 e. The zero-order chi connectivity index (χ0) is 24.4. The van der Waals surface area contributed by atoms with Crippen molar-refractivity contribution < 1.29 is 0 Å². The fraction of sp³-hybridized carbons (Fsp3) is 0.118. The minimum absolute atomic E-state index is 0.0963. The second-order valence-corrected chi connectivity index (χ2v) is 9.47. The number of anilines is 3. The Hall–Kier alpha value is -4.10. The fourth-order valence-electron chi connectivity index (χ4n) is 5.19. The number of hydrogen-bond donors (Lipinski definition) is 0. The van der Waals surface area contributed by atoms with Gasteiger partial charge in [-0.05, 0) is 76.7 Å². The van der Waals surface area contributed by atoms with Gasteiger partial charge in [-0.2, -0.15) is 0 Å². The highest BCUT2D eigenvalue weighted by molar-refractivity contribution is 5.89. The second kappa shape index (κ2) is 9.27. The molecule has 1 heteroatoms. The molecule has 35 heavy (non-hydrogen) atoms. The van der Waals surface area contributed by atoms with Crippen LogP contribution < -0.4 is 4.90 Å². The topological polar surface area (TPSA) is 3.24 Å². The molecule has 1 aliphatic rings. The molecule has 0 fully saturated rings. The molecular formula is C34H31N. The molecule has 1 aliphatic carbocycles. The van der Waals surface area contributed by atoms with Crippen molar-refractivity contribution in [2.75, 3.05) is 4.90 Å². The average Bonchev–Trinajstić information content (AvgIpc) is 3.11. The largest absolute Gasteiger partial charge is 0.310 e. The van der Waals surface area contributed by atoms with Gasteiger partial charge in [0.15, 0.2) is 0 Å². The number of benzene rings is 4. The molecule has 4 aromatic carbocycles. The molecule has 0 saturated heterocycles. The first-order valence-corrected chi connectivity index (χ1v) is 12.2. The number of para-hydroxylation sites is 1. The smallest absolute Gasteiger partial charge is 0.0465 e. The van der Waals surface area contributed by atoms with Gasteiger partial charge in [0.2, 0.25) is 0 Å². The Morgan fingerprint density at radius 3 is 1.89 bits per heavy atom. The first kappa shape index (κ1) is 22.7. The van der Waals surface area contributed by atoms with Crippen molar-refractivity contribution in [3.8, 4) is 11.1 Å². The summed E-state index contributed by atoms with van der Waals surface area (Å²) in [4.78, 5) is 2.34. The summed E-state index contributed by atoms with van der Waals surface area (Å²) in [7, 11) is 0. The van der Waals surface area contributed by atoms with Crippen LogP contribution in [0.5, 0.6) is 0 Å². The Balaban J connectivity index is 1.62. The van der Waals surface area contributed by atoms with Gasteiger partial charge >= 0.3 is 0 Å². The molecule has 0 atom stereocenters. The summed E-state index contributed by atoms with van der Waals surface area (Å²) in [5.74, 6) is 0. The first-order chi connectivity index (χ1) is 17.0. The van der Waals surface area contributed by atoms with Gasteiger partial charge in [0, 0.05) is 22.5 Å². The average molecular weight is 454 g/mol. The molecule has 4 aromatic rings. The van der Waals surface area contributed by atoms with Crippen LogP contribution in [0.2, 0.25) is 0 Å². The van der Waals surface area contributed by atoms with Crippen LogP contribution in [0.15, 0.2) is 134 Å². The van der Waals surface area contributed by atoms with Crippen molar-refractivity contribution in [3.63, 3.8) is 0 Å². The zero-order valence-corrected chi connectivity index (χ0v) is 20.7. The van der Waals surface area contributed by atoms with Crippen molar-refractivity contribution in [2.45, 2.75) is 26.2 Å².